The highest BCUT2D eigenvalue weighted by atomic mass is 79.9. The van der Waals surface area contributed by atoms with Gasteiger partial charge in [0, 0.05) is 16.7 Å². The van der Waals surface area contributed by atoms with Gasteiger partial charge in [-0.3, -0.25) is 4.79 Å². The van der Waals surface area contributed by atoms with Gasteiger partial charge in [0.1, 0.15) is 5.75 Å². The molecule has 0 radical (unpaired) electrons. The van der Waals surface area contributed by atoms with E-state index in [-0.39, 0.29) is 11.7 Å². The molecule has 0 unspecified atom stereocenters. The van der Waals surface area contributed by atoms with Crippen LogP contribution in [0.1, 0.15) is 15.9 Å². The molecule has 0 atom stereocenters. The molecule has 1 aliphatic rings. The number of nitrogens with zero attached hydrogens (tertiary/aromatic N) is 1. The van der Waals surface area contributed by atoms with Crippen LogP contribution < -0.4 is 4.90 Å². The summed E-state index contributed by atoms with van der Waals surface area (Å²) in [5, 5.41) is 9.85. The highest BCUT2D eigenvalue weighted by Gasteiger charge is 2.26. The predicted octanol–water partition coefficient (Wildman–Crippen LogP) is 3.36. The van der Waals surface area contributed by atoms with E-state index in [9.17, 15) is 9.90 Å². The Kier molecular flexibility index (Phi) is 3.03. The Morgan fingerprint density at radius 2 is 2.00 bits per heavy atom. The molecule has 1 heterocycles. The van der Waals surface area contributed by atoms with Crippen molar-refractivity contribution in [1.29, 1.82) is 0 Å². The standard InChI is InChI=1S/C15H12BrNO2/c16-11-5-6-14(18)12(9-11)15(19)17-8-7-10-3-1-2-4-13(10)17/h1-6,9,18H,7-8H2. The molecule has 0 saturated carbocycles. The van der Waals surface area contributed by atoms with Crippen LogP contribution in [0.2, 0.25) is 0 Å². The summed E-state index contributed by atoms with van der Waals surface area (Å²) in [6, 6.07) is 12.8. The zero-order valence-corrected chi connectivity index (χ0v) is 11.7. The van der Waals surface area contributed by atoms with Crippen LogP contribution in [0.4, 0.5) is 5.69 Å². The van der Waals surface area contributed by atoms with Gasteiger partial charge < -0.3 is 10.0 Å². The summed E-state index contributed by atoms with van der Waals surface area (Å²) in [4.78, 5) is 14.2. The van der Waals surface area contributed by atoms with Crippen molar-refractivity contribution in [1.82, 2.24) is 0 Å². The summed E-state index contributed by atoms with van der Waals surface area (Å²) in [5.74, 6) is -0.152. The van der Waals surface area contributed by atoms with Gasteiger partial charge in [-0.05, 0) is 36.2 Å². The largest absolute Gasteiger partial charge is 0.507 e. The van der Waals surface area contributed by atoms with E-state index in [2.05, 4.69) is 15.9 Å². The number of carbonyl (C=O) groups is 1. The Hall–Kier alpha value is -1.81. The minimum Gasteiger partial charge on any atom is -0.507 e. The lowest BCUT2D eigenvalue weighted by molar-refractivity contribution is 0.0987. The molecule has 0 aliphatic carbocycles. The van der Waals surface area contributed by atoms with Gasteiger partial charge in [-0.2, -0.15) is 0 Å². The van der Waals surface area contributed by atoms with E-state index in [0.717, 1.165) is 16.6 Å². The molecule has 1 aliphatic heterocycles. The average Bonchev–Trinajstić information content (AvgIpc) is 2.84. The molecule has 0 saturated heterocycles. The number of rotatable bonds is 1. The second-order valence-corrected chi connectivity index (χ2v) is 5.41. The Morgan fingerprint density at radius 3 is 2.84 bits per heavy atom. The number of anilines is 1. The Morgan fingerprint density at radius 1 is 1.21 bits per heavy atom. The van der Waals surface area contributed by atoms with Crippen molar-refractivity contribution < 1.29 is 9.90 Å². The Bertz CT molecular complexity index is 654. The van der Waals surface area contributed by atoms with Crippen molar-refractivity contribution in [2.75, 3.05) is 11.4 Å². The maximum Gasteiger partial charge on any atom is 0.262 e. The molecule has 2 aromatic carbocycles. The fourth-order valence-electron chi connectivity index (χ4n) is 2.37. The third-order valence-corrected chi connectivity index (χ3v) is 3.81. The number of aromatic hydroxyl groups is 1. The van der Waals surface area contributed by atoms with Crippen molar-refractivity contribution in [3.05, 3.63) is 58.1 Å². The fourth-order valence-corrected chi connectivity index (χ4v) is 2.74. The number of para-hydroxylation sites is 1. The average molecular weight is 318 g/mol. The number of phenolic OH excluding ortho intramolecular Hbond substituents is 1. The van der Waals surface area contributed by atoms with E-state index >= 15 is 0 Å². The topological polar surface area (TPSA) is 40.5 Å². The second-order valence-electron chi connectivity index (χ2n) is 4.50. The minimum atomic E-state index is -0.163. The van der Waals surface area contributed by atoms with Crippen LogP contribution in [-0.4, -0.2) is 17.6 Å². The van der Waals surface area contributed by atoms with E-state index in [4.69, 9.17) is 0 Å². The monoisotopic (exact) mass is 317 g/mol. The number of fused-ring (bicyclic) bond motifs is 1. The highest BCUT2D eigenvalue weighted by molar-refractivity contribution is 9.10. The molecule has 0 fully saturated rings. The number of amides is 1. The summed E-state index contributed by atoms with van der Waals surface area (Å²) in [6.45, 7) is 0.657. The van der Waals surface area contributed by atoms with Crippen molar-refractivity contribution >= 4 is 27.5 Å². The molecule has 96 valence electrons. The molecule has 2 aromatic rings. The van der Waals surface area contributed by atoms with Gasteiger partial charge in [-0.1, -0.05) is 34.1 Å². The maximum absolute atomic E-state index is 12.5. The van der Waals surface area contributed by atoms with Gasteiger partial charge in [0.25, 0.3) is 5.91 Å². The van der Waals surface area contributed by atoms with Crippen LogP contribution in [0, 0.1) is 0 Å². The number of halogens is 1. The second kappa shape index (κ2) is 4.70. The predicted molar refractivity (Wildman–Crippen MR) is 77.6 cm³/mol. The molecule has 1 amide bonds. The molecule has 0 aromatic heterocycles. The zero-order valence-electron chi connectivity index (χ0n) is 10.1. The van der Waals surface area contributed by atoms with Gasteiger partial charge in [0.15, 0.2) is 0 Å². The van der Waals surface area contributed by atoms with Crippen LogP contribution in [0.25, 0.3) is 0 Å². The van der Waals surface area contributed by atoms with Gasteiger partial charge in [0.2, 0.25) is 0 Å². The third-order valence-electron chi connectivity index (χ3n) is 3.32. The van der Waals surface area contributed by atoms with Crippen LogP contribution in [0.15, 0.2) is 46.9 Å². The first kappa shape index (κ1) is 12.2. The van der Waals surface area contributed by atoms with Crippen LogP contribution >= 0.6 is 15.9 Å². The summed E-state index contributed by atoms with van der Waals surface area (Å²) >= 11 is 3.32. The van der Waals surface area contributed by atoms with E-state index in [0.29, 0.717) is 12.1 Å². The van der Waals surface area contributed by atoms with Crippen LogP contribution in [0.3, 0.4) is 0 Å². The normalized spacial score (nSPS) is 13.4. The highest BCUT2D eigenvalue weighted by Crippen LogP contribution is 2.31. The Labute approximate surface area is 119 Å². The van der Waals surface area contributed by atoms with Crippen molar-refractivity contribution in [3.63, 3.8) is 0 Å². The van der Waals surface area contributed by atoms with E-state index in [1.54, 1.807) is 17.0 Å². The number of carbonyl (C=O) groups excluding carboxylic acids is 1. The van der Waals surface area contributed by atoms with Crippen molar-refractivity contribution in [2.24, 2.45) is 0 Å². The van der Waals surface area contributed by atoms with Crippen molar-refractivity contribution in [3.8, 4) is 5.75 Å². The van der Waals surface area contributed by atoms with Crippen LogP contribution in [0.5, 0.6) is 5.75 Å². The van der Waals surface area contributed by atoms with E-state index in [1.165, 1.54) is 11.6 Å². The molecular formula is C15H12BrNO2. The molecular weight excluding hydrogens is 306 g/mol. The molecule has 3 rings (SSSR count). The zero-order chi connectivity index (χ0) is 13.4. The van der Waals surface area contributed by atoms with Crippen LogP contribution in [-0.2, 0) is 6.42 Å². The maximum atomic E-state index is 12.5. The quantitative estimate of drug-likeness (QED) is 0.876. The van der Waals surface area contributed by atoms with Gasteiger partial charge in [0.05, 0.1) is 5.56 Å². The smallest absolute Gasteiger partial charge is 0.262 e. The van der Waals surface area contributed by atoms with Gasteiger partial charge in [-0.25, -0.2) is 0 Å². The summed E-state index contributed by atoms with van der Waals surface area (Å²) < 4.78 is 0.779. The third kappa shape index (κ3) is 2.12. The molecule has 0 bridgehead atoms. The lowest BCUT2D eigenvalue weighted by atomic mass is 10.1. The number of phenols is 1. The molecule has 3 nitrogen and oxygen atoms in total. The summed E-state index contributed by atoms with van der Waals surface area (Å²) in [5.41, 5.74) is 2.43. The SMILES string of the molecule is O=C(c1cc(Br)ccc1O)N1CCc2ccccc21. The first-order valence-electron chi connectivity index (χ1n) is 6.05. The summed E-state index contributed by atoms with van der Waals surface area (Å²) in [7, 11) is 0. The molecule has 1 N–H and O–H groups in total. The first-order valence-corrected chi connectivity index (χ1v) is 6.84. The fraction of sp³-hybridized carbons (Fsp3) is 0.133. The summed E-state index contributed by atoms with van der Waals surface area (Å²) in [6.07, 6.45) is 0.858. The first-order chi connectivity index (χ1) is 9.16. The number of hydrogen-bond acceptors (Lipinski definition) is 2. The number of hydrogen-bond donors (Lipinski definition) is 1. The van der Waals surface area contributed by atoms with E-state index in [1.807, 2.05) is 24.3 Å². The van der Waals surface area contributed by atoms with E-state index < -0.39 is 0 Å². The van der Waals surface area contributed by atoms with Gasteiger partial charge >= 0.3 is 0 Å². The molecule has 0 spiro atoms. The molecule has 19 heavy (non-hydrogen) atoms. The van der Waals surface area contributed by atoms with Crippen molar-refractivity contribution in [2.45, 2.75) is 6.42 Å². The minimum absolute atomic E-state index is 0.0116. The Balaban J connectivity index is 2.00. The van der Waals surface area contributed by atoms with Gasteiger partial charge in [-0.15, -0.1) is 0 Å². The molecule has 4 heteroatoms. The lowest BCUT2D eigenvalue weighted by Crippen LogP contribution is -2.28. The number of benzene rings is 2. The lowest BCUT2D eigenvalue weighted by Gasteiger charge is -2.18.